The Hall–Kier alpha value is -2.69. The summed E-state index contributed by atoms with van der Waals surface area (Å²) in [5, 5.41) is 8.58. The number of hydrogen-bond acceptors (Lipinski definition) is 4. The van der Waals surface area contributed by atoms with Gasteiger partial charge in [0.25, 0.3) is 0 Å². The summed E-state index contributed by atoms with van der Waals surface area (Å²) in [5.74, 6) is -0.343. The fourth-order valence-electron chi connectivity index (χ4n) is 2.27. The van der Waals surface area contributed by atoms with Gasteiger partial charge in [-0.2, -0.15) is 0 Å². The summed E-state index contributed by atoms with van der Waals surface area (Å²) in [4.78, 5) is 21.1. The monoisotopic (exact) mass is 267 g/mol. The average molecular weight is 267 g/mol. The van der Waals surface area contributed by atoms with Crippen LogP contribution in [0.2, 0.25) is 0 Å². The molecule has 0 amide bonds. The van der Waals surface area contributed by atoms with Gasteiger partial charge in [0, 0.05) is 36.3 Å². The fraction of sp³-hybridized carbons (Fsp3) is 0.133. The van der Waals surface area contributed by atoms with Crippen LogP contribution in [0.15, 0.2) is 42.7 Å². The Kier molecular flexibility index (Phi) is 3.16. The van der Waals surface area contributed by atoms with Crippen LogP contribution in [0.25, 0.3) is 6.08 Å². The van der Waals surface area contributed by atoms with Gasteiger partial charge in [0.05, 0.1) is 0 Å². The molecule has 5 nitrogen and oxygen atoms in total. The summed E-state index contributed by atoms with van der Waals surface area (Å²) in [7, 11) is 0. The van der Waals surface area contributed by atoms with E-state index in [2.05, 4.69) is 27.0 Å². The molecule has 0 aliphatic carbocycles. The first-order chi connectivity index (χ1) is 9.74. The van der Waals surface area contributed by atoms with Crippen molar-refractivity contribution in [3.05, 3.63) is 53.9 Å². The first-order valence-corrected chi connectivity index (χ1v) is 6.32. The van der Waals surface area contributed by atoms with Crippen molar-refractivity contribution >= 4 is 23.7 Å². The lowest BCUT2D eigenvalue weighted by molar-refractivity contribution is -0.131. The molecular weight excluding hydrogens is 254 g/mol. The van der Waals surface area contributed by atoms with Gasteiger partial charge in [-0.05, 0) is 24.1 Å². The van der Waals surface area contributed by atoms with E-state index in [4.69, 9.17) is 5.11 Å². The highest BCUT2D eigenvalue weighted by Crippen LogP contribution is 2.31. The zero-order valence-electron chi connectivity index (χ0n) is 10.7. The lowest BCUT2D eigenvalue weighted by Crippen LogP contribution is -2.16. The Bertz CT molecular complexity index is 665. The molecule has 0 saturated heterocycles. The smallest absolute Gasteiger partial charge is 0.328 e. The molecule has 1 aliphatic heterocycles. The number of aromatic nitrogens is 2. The van der Waals surface area contributed by atoms with Crippen molar-refractivity contribution in [1.82, 2.24) is 9.97 Å². The first kappa shape index (κ1) is 12.3. The van der Waals surface area contributed by atoms with Gasteiger partial charge in [-0.25, -0.2) is 14.8 Å². The van der Waals surface area contributed by atoms with E-state index >= 15 is 0 Å². The number of nitrogens with zero attached hydrogens (tertiary/aromatic N) is 3. The normalized spacial score (nSPS) is 13.7. The summed E-state index contributed by atoms with van der Waals surface area (Å²) < 4.78 is 0. The lowest BCUT2D eigenvalue weighted by atomic mass is 10.2. The van der Waals surface area contributed by atoms with Gasteiger partial charge in [-0.3, -0.25) is 0 Å². The van der Waals surface area contributed by atoms with Gasteiger partial charge in [-0.15, -0.1) is 0 Å². The number of para-hydroxylation sites is 1. The van der Waals surface area contributed by atoms with Crippen molar-refractivity contribution < 1.29 is 9.90 Å². The Balaban J connectivity index is 1.84. The number of carbonyl (C=O) groups is 1. The third-order valence-electron chi connectivity index (χ3n) is 3.21. The van der Waals surface area contributed by atoms with Crippen molar-refractivity contribution in [2.75, 3.05) is 11.4 Å². The largest absolute Gasteiger partial charge is 0.478 e. The minimum absolute atomic E-state index is 0.641. The maximum Gasteiger partial charge on any atom is 0.328 e. The zero-order valence-corrected chi connectivity index (χ0v) is 10.7. The average Bonchev–Trinajstić information content (AvgIpc) is 2.89. The molecule has 100 valence electrons. The van der Waals surface area contributed by atoms with Crippen molar-refractivity contribution in [1.29, 1.82) is 0 Å². The molecule has 20 heavy (non-hydrogen) atoms. The molecule has 2 heterocycles. The van der Waals surface area contributed by atoms with Crippen LogP contribution in [-0.4, -0.2) is 27.6 Å². The summed E-state index contributed by atoms with van der Waals surface area (Å²) >= 11 is 0. The second-order valence-corrected chi connectivity index (χ2v) is 4.52. The predicted octanol–water partition coefficient (Wildman–Crippen LogP) is 2.27. The van der Waals surface area contributed by atoms with Crippen LogP contribution < -0.4 is 4.90 Å². The highest BCUT2D eigenvalue weighted by molar-refractivity contribution is 5.85. The number of carboxylic acid groups (broad SMARTS) is 1. The summed E-state index contributed by atoms with van der Waals surface area (Å²) in [6.07, 6.45) is 6.79. The van der Waals surface area contributed by atoms with Gasteiger partial charge in [0.15, 0.2) is 0 Å². The van der Waals surface area contributed by atoms with Gasteiger partial charge < -0.3 is 10.0 Å². The molecule has 3 rings (SSSR count). The first-order valence-electron chi connectivity index (χ1n) is 6.32. The van der Waals surface area contributed by atoms with Crippen molar-refractivity contribution in [2.24, 2.45) is 0 Å². The Morgan fingerprint density at radius 1 is 1.25 bits per heavy atom. The van der Waals surface area contributed by atoms with Crippen molar-refractivity contribution in [3.8, 4) is 0 Å². The van der Waals surface area contributed by atoms with Crippen molar-refractivity contribution in [2.45, 2.75) is 6.42 Å². The van der Waals surface area contributed by atoms with E-state index in [9.17, 15) is 4.79 Å². The van der Waals surface area contributed by atoms with E-state index in [0.29, 0.717) is 11.5 Å². The second-order valence-electron chi connectivity index (χ2n) is 4.52. The summed E-state index contributed by atoms with van der Waals surface area (Å²) in [5.41, 5.74) is 3.11. The minimum atomic E-state index is -0.984. The fourth-order valence-corrected chi connectivity index (χ4v) is 2.27. The SMILES string of the molecule is O=C(O)/C=C/c1cnc(N2CCc3ccccc32)nc1. The Morgan fingerprint density at radius 2 is 2.00 bits per heavy atom. The molecule has 1 aliphatic rings. The van der Waals surface area contributed by atoms with E-state index in [-0.39, 0.29) is 0 Å². The van der Waals surface area contributed by atoms with Crippen LogP contribution in [0.4, 0.5) is 11.6 Å². The molecule has 0 bridgehead atoms. The maximum absolute atomic E-state index is 10.5. The molecule has 0 saturated carbocycles. The molecule has 0 unspecified atom stereocenters. The second kappa shape index (κ2) is 5.13. The van der Waals surface area contributed by atoms with Gasteiger partial charge in [0.2, 0.25) is 5.95 Å². The van der Waals surface area contributed by atoms with Crippen LogP contribution in [0.1, 0.15) is 11.1 Å². The van der Waals surface area contributed by atoms with E-state index in [1.54, 1.807) is 12.4 Å². The molecule has 0 atom stereocenters. The predicted molar refractivity (Wildman–Crippen MR) is 75.9 cm³/mol. The van der Waals surface area contributed by atoms with Crippen LogP contribution in [0, 0.1) is 0 Å². The third kappa shape index (κ3) is 2.38. The number of aliphatic carboxylic acids is 1. The Labute approximate surface area is 116 Å². The van der Waals surface area contributed by atoms with Crippen LogP contribution in [0.3, 0.4) is 0 Å². The van der Waals surface area contributed by atoms with Crippen LogP contribution >= 0.6 is 0 Å². The minimum Gasteiger partial charge on any atom is -0.478 e. The van der Waals surface area contributed by atoms with E-state index in [1.165, 1.54) is 11.6 Å². The van der Waals surface area contributed by atoms with Gasteiger partial charge in [0.1, 0.15) is 0 Å². The molecule has 0 spiro atoms. The maximum atomic E-state index is 10.5. The molecular formula is C15H13N3O2. The van der Waals surface area contributed by atoms with Gasteiger partial charge >= 0.3 is 5.97 Å². The molecule has 0 fully saturated rings. The summed E-state index contributed by atoms with van der Waals surface area (Å²) in [6, 6.07) is 8.20. The standard InChI is InChI=1S/C15H13N3O2/c19-14(20)6-5-11-9-16-15(17-10-11)18-8-7-12-3-1-2-4-13(12)18/h1-6,9-10H,7-8H2,(H,19,20)/b6-5+. The van der Waals surface area contributed by atoms with Crippen LogP contribution in [0.5, 0.6) is 0 Å². The van der Waals surface area contributed by atoms with E-state index in [1.807, 2.05) is 12.1 Å². The number of hydrogen-bond donors (Lipinski definition) is 1. The number of rotatable bonds is 3. The molecule has 5 heteroatoms. The number of fused-ring (bicyclic) bond motifs is 1. The number of anilines is 2. The molecule has 1 aromatic carbocycles. The van der Waals surface area contributed by atoms with Gasteiger partial charge in [-0.1, -0.05) is 18.2 Å². The molecule has 0 radical (unpaired) electrons. The highest BCUT2D eigenvalue weighted by Gasteiger charge is 2.21. The highest BCUT2D eigenvalue weighted by atomic mass is 16.4. The number of benzene rings is 1. The lowest BCUT2D eigenvalue weighted by Gasteiger charge is -2.16. The van der Waals surface area contributed by atoms with E-state index < -0.39 is 5.97 Å². The van der Waals surface area contributed by atoms with Crippen molar-refractivity contribution in [3.63, 3.8) is 0 Å². The molecule has 1 aromatic heterocycles. The molecule has 2 aromatic rings. The Morgan fingerprint density at radius 3 is 2.75 bits per heavy atom. The summed E-state index contributed by atoms with van der Waals surface area (Å²) in [6.45, 7) is 0.865. The third-order valence-corrected chi connectivity index (χ3v) is 3.21. The number of carboxylic acids is 1. The van der Waals surface area contributed by atoms with E-state index in [0.717, 1.165) is 24.7 Å². The quantitative estimate of drug-likeness (QED) is 0.864. The topological polar surface area (TPSA) is 66.3 Å². The molecule has 1 N–H and O–H groups in total. The zero-order chi connectivity index (χ0) is 13.9. The van der Waals surface area contributed by atoms with Crippen LogP contribution in [-0.2, 0) is 11.2 Å².